The number of benzene rings is 1. The van der Waals surface area contributed by atoms with Gasteiger partial charge in [0.25, 0.3) is 0 Å². The monoisotopic (exact) mass is 300 g/mol. The smallest absolute Gasteiger partial charge is 0.137 e. The Kier molecular flexibility index (Phi) is 5.19. The zero-order valence-corrected chi connectivity index (χ0v) is 12.8. The van der Waals surface area contributed by atoms with Crippen LogP contribution in [0.25, 0.3) is 0 Å². The van der Waals surface area contributed by atoms with Crippen LogP contribution in [0.2, 0.25) is 0 Å². The summed E-state index contributed by atoms with van der Waals surface area (Å²) < 4.78 is 1.87. The van der Waals surface area contributed by atoms with Crippen LogP contribution in [0.1, 0.15) is 24.8 Å². The van der Waals surface area contributed by atoms with Gasteiger partial charge in [-0.05, 0) is 37.2 Å². The largest absolute Gasteiger partial charge is 0.392 e. The molecule has 5 heteroatoms. The topological polar surface area (TPSA) is 63.0 Å². The minimum Gasteiger partial charge on any atom is -0.392 e. The lowest BCUT2D eigenvalue weighted by atomic mass is 10.1. The third-order valence-electron chi connectivity index (χ3n) is 4.27. The highest BCUT2D eigenvalue weighted by atomic mass is 16.3. The lowest BCUT2D eigenvalue weighted by Crippen LogP contribution is -2.40. The molecule has 0 radical (unpaired) electrons. The summed E-state index contributed by atoms with van der Waals surface area (Å²) in [5, 5.41) is 17.9. The number of hydrogen-bond donors (Lipinski definition) is 2. The molecule has 0 amide bonds. The summed E-state index contributed by atoms with van der Waals surface area (Å²) in [5.74, 6) is 0.713. The van der Waals surface area contributed by atoms with E-state index in [4.69, 9.17) is 0 Å². The third kappa shape index (κ3) is 4.64. The van der Waals surface area contributed by atoms with Crippen molar-refractivity contribution in [1.82, 2.24) is 20.1 Å². The maximum atomic E-state index is 10.2. The molecule has 1 aromatic heterocycles. The first-order chi connectivity index (χ1) is 10.8. The molecule has 1 fully saturated rings. The maximum absolute atomic E-state index is 10.2. The van der Waals surface area contributed by atoms with Crippen LogP contribution in [0.3, 0.4) is 0 Å². The van der Waals surface area contributed by atoms with Gasteiger partial charge < -0.3 is 10.4 Å². The summed E-state index contributed by atoms with van der Waals surface area (Å²) in [6.07, 6.45) is 7.26. The van der Waals surface area contributed by atoms with E-state index in [9.17, 15) is 5.11 Å². The van der Waals surface area contributed by atoms with Gasteiger partial charge in [-0.2, -0.15) is 5.10 Å². The second-order valence-electron chi connectivity index (χ2n) is 6.15. The number of aryl methyl sites for hydroxylation is 1. The van der Waals surface area contributed by atoms with Gasteiger partial charge in [-0.1, -0.05) is 30.3 Å². The quantitative estimate of drug-likeness (QED) is 0.739. The number of aromatic nitrogens is 3. The summed E-state index contributed by atoms with van der Waals surface area (Å²) in [7, 11) is 0. The molecule has 0 aliphatic heterocycles. The number of nitrogens with zero attached hydrogens (tertiary/aromatic N) is 3. The van der Waals surface area contributed by atoms with Crippen molar-refractivity contribution < 1.29 is 5.11 Å². The zero-order chi connectivity index (χ0) is 15.2. The van der Waals surface area contributed by atoms with Gasteiger partial charge in [0.05, 0.1) is 12.6 Å². The van der Waals surface area contributed by atoms with Crippen molar-refractivity contribution >= 4 is 0 Å². The van der Waals surface area contributed by atoms with Crippen LogP contribution in [0.4, 0.5) is 0 Å². The third-order valence-corrected chi connectivity index (χ3v) is 4.27. The Hall–Kier alpha value is -1.72. The van der Waals surface area contributed by atoms with Gasteiger partial charge in [0.15, 0.2) is 0 Å². The molecule has 118 valence electrons. The minimum atomic E-state index is -0.308. The molecule has 0 saturated heterocycles. The highest BCUT2D eigenvalue weighted by molar-refractivity contribution is 5.14. The number of rotatable bonds is 9. The molecule has 3 rings (SSSR count). The van der Waals surface area contributed by atoms with E-state index < -0.39 is 0 Å². The normalized spacial score (nSPS) is 17.3. The van der Waals surface area contributed by atoms with Crippen LogP contribution in [0.5, 0.6) is 0 Å². The molecule has 1 saturated carbocycles. The van der Waals surface area contributed by atoms with Crippen molar-refractivity contribution in [1.29, 1.82) is 0 Å². The van der Waals surface area contributed by atoms with Crippen LogP contribution in [-0.4, -0.2) is 38.6 Å². The summed E-state index contributed by atoms with van der Waals surface area (Å²) in [4.78, 5) is 3.99. The van der Waals surface area contributed by atoms with Crippen LogP contribution in [0, 0.1) is 5.92 Å². The van der Waals surface area contributed by atoms with Gasteiger partial charge in [-0.3, -0.25) is 4.68 Å². The molecule has 0 bridgehead atoms. The van der Waals surface area contributed by atoms with Gasteiger partial charge in [0.2, 0.25) is 0 Å². The first kappa shape index (κ1) is 15.2. The Morgan fingerprint density at radius 1 is 1.27 bits per heavy atom. The predicted molar refractivity (Wildman–Crippen MR) is 85.3 cm³/mol. The van der Waals surface area contributed by atoms with Crippen molar-refractivity contribution in [2.75, 3.05) is 6.54 Å². The second-order valence-corrected chi connectivity index (χ2v) is 6.15. The number of aliphatic hydroxyl groups is 1. The van der Waals surface area contributed by atoms with Gasteiger partial charge in [-0.25, -0.2) is 4.98 Å². The Labute approximate surface area is 131 Å². The summed E-state index contributed by atoms with van der Waals surface area (Å²) in [6.45, 7) is 1.47. The van der Waals surface area contributed by atoms with Crippen molar-refractivity contribution in [3.8, 4) is 0 Å². The summed E-state index contributed by atoms with van der Waals surface area (Å²) in [5.41, 5.74) is 1.28. The molecule has 0 spiro atoms. The van der Waals surface area contributed by atoms with E-state index in [1.807, 2.05) is 22.9 Å². The van der Waals surface area contributed by atoms with Crippen molar-refractivity contribution in [2.45, 2.75) is 44.4 Å². The summed E-state index contributed by atoms with van der Waals surface area (Å²) >= 11 is 0. The molecule has 2 atom stereocenters. The predicted octanol–water partition coefficient (Wildman–Crippen LogP) is 1.64. The van der Waals surface area contributed by atoms with E-state index in [0.29, 0.717) is 18.5 Å². The molecule has 1 aliphatic carbocycles. The first-order valence-corrected chi connectivity index (χ1v) is 8.09. The molecule has 22 heavy (non-hydrogen) atoms. The van der Waals surface area contributed by atoms with Gasteiger partial charge in [0.1, 0.15) is 12.7 Å². The van der Waals surface area contributed by atoms with E-state index in [1.54, 1.807) is 12.7 Å². The molecule has 0 unspecified atom stereocenters. The van der Waals surface area contributed by atoms with Crippen molar-refractivity contribution in [3.63, 3.8) is 0 Å². The molecule has 1 heterocycles. The lowest BCUT2D eigenvalue weighted by Gasteiger charge is -2.20. The van der Waals surface area contributed by atoms with E-state index in [-0.39, 0.29) is 6.10 Å². The molecule has 1 aromatic carbocycles. The molecule has 2 aromatic rings. The standard InChI is InChI=1S/C17H24N4O/c22-16(9-6-14-4-2-1-3-5-14)10-19-17(15-7-8-15)11-21-13-18-12-20-21/h1-5,12-13,15-17,19,22H,6-11H2/t16-,17-/m1/s1. The number of hydrogen-bond acceptors (Lipinski definition) is 4. The number of aliphatic hydroxyl groups excluding tert-OH is 1. The molecular formula is C17H24N4O. The van der Waals surface area contributed by atoms with Crippen molar-refractivity contribution in [2.24, 2.45) is 5.92 Å². The van der Waals surface area contributed by atoms with Crippen LogP contribution in [-0.2, 0) is 13.0 Å². The minimum absolute atomic E-state index is 0.308. The maximum Gasteiger partial charge on any atom is 0.137 e. The van der Waals surface area contributed by atoms with Gasteiger partial charge in [-0.15, -0.1) is 0 Å². The fourth-order valence-electron chi connectivity index (χ4n) is 2.77. The average molecular weight is 300 g/mol. The van der Waals surface area contributed by atoms with Crippen LogP contribution < -0.4 is 5.32 Å². The highest BCUT2D eigenvalue weighted by Gasteiger charge is 2.31. The Bertz CT molecular complexity index is 539. The SMILES string of the molecule is O[C@H](CCc1ccccc1)CN[C@H](Cn1cncn1)C1CC1. The second kappa shape index (κ2) is 7.51. The van der Waals surface area contributed by atoms with E-state index in [1.165, 1.54) is 18.4 Å². The summed E-state index contributed by atoms with van der Waals surface area (Å²) in [6, 6.07) is 10.7. The molecule has 5 nitrogen and oxygen atoms in total. The Morgan fingerprint density at radius 2 is 2.09 bits per heavy atom. The van der Waals surface area contributed by atoms with Crippen molar-refractivity contribution in [3.05, 3.63) is 48.5 Å². The lowest BCUT2D eigenvalue weighted by molar-refractivity contribution is 0.154. The van der Waals surface area contributed by atoms with Crippen LogP contribution in [0.15, 0.2) is 43.0 Å². The van der Waals surface area contributed by atoms with E-state index >= 15 is 0 Å². The van der Waals surface area contributed by atoms with E-state index in [2.05, 4.69) is 27.5 Å². The van der Waals surface area contributed by atoms with Crippen LogP contribution >= 0.6 is 0 Å². The first-order valence-electron chi connectivity index (χ1n) is 8.09. The Balaban J connectivity index is 1.41. The molecule has 1 aliphatic rings. The number of nitrogens with one attached hydrogen (secondary N) is 1. The molecule has 2 N–H and O–H groups in total. The fraction of sp³-hybridized carbons (Fsp3) is 0.529. The van der Waals surface area contributed by atoms with Gasteiger partial charge >= 0.3 is 0 Å². The zero-order valence-electron chi connectivity index (χ0n) is 12.8. The Morgan fingerprint density at radius 3 is 2.77 bits per heavy atom. The van der Waals surface area contributed by atoms with E-state index in [0.717, 1.165) is 19.4 Å². The van der Waals surface area contributed by atoms with Gasteiger partial charge in [0, 0.05) is 12.6 Å². The highest BCUT2D eigenvalue weighted by Crippen LogP contribution is 2.33. The molecular weight excluding hydrogens is 276 g/mol. The average Bonchev–Trinajstić information content (AvgIpc) is 3.27. The fourth-order valence-corrected chi connectivity index (χ4v) is 2.77.